The standard InChI is InChI=1S/C13H22N4O2S/c1-11-9-13(15-10-14-11)16-12-3-5-17(6-4-12)7-8-20(2,18)19/h9-10,12H,3-8H2,1-2H3,(H,14,15,16). The minimum absolute atomic E-state index is 0.246. The first-order valence-electron chi connectivity index (χ1n) is 6.88. The van der Waals surface area contributed by atoms with Crippen molar-refractivity contribution in [1.29, 1.82) is 0 Å². The molecule has 1 saturated heterocycles. The summed E-state index contributed by atoms with van der Waals surface area (Å²) in [6.45, 7) is 4.44. The van der Waals surface area contributed by atoms with Crippen molar-refractivity contribution in [2.75, 3.05) is 37.0 Å². The molecule has 0 saturated carbocycles. The Morgan fingerprint density at radius 3 is 2.65 bits per heavy atom. The van der Waals surface area contributed by atoms with Gasteiger partial charge in [-0.15, -0.1) is 0 Å². The summed E-state index contributed by atoms with van der Waals surface area (Å²) in [6.07, 6.45) is 4.87. The molecule has 112 valence electrons. The van der Waals surface area contributed by atoms with Crippen molar-refractivity contribution >= 4 is 15.7 Å². The van der Waals surface area contributed by atoms with Crippen LogP contribution >= 0.6 is 0 Å². The third kappa shape index (κ3) is 5.05. The van der Waals surface area contributed by atoms with Gasteiger partial charge in [0.25, 0.3) is 0 Å². The molecule has 2 rings (SSSR count). The quantitative estimate of drug-likeness (QED) is 0.863. The van der Waals surface area contributed by atoms with Crippen molar-refractivity contribution in [2.45, 2.75) is 25.8 Å². The summed E-state index contributed by atoms with van der Waals surface area (Å²) in [7, 11) is -2.86. The Hall–Kier alpha value is -1.21. The minimum Gasteiger partial charge on any atom is -0.367 e. The molecule has 0 spiro atoms. The van der Waals surface area contributed by atoms with Gasteiger partial charge < -0.3 is 10.2 Å². The molecule has 0 atom stereocenters. The lowest BCUT2D eigenvalue weighted by molar-refractivity contribution is 0.230. The molecular weight excluding hydrogens is 276 g/mol. The Labute approximate surface area is 120 Å². The molecular formula is C13H22N4O2S. The van der Waals surface area contributed by atoms with Crippen molar-refractivity contribution in [3.8, 4) is 0 Å². The van der Waals surface area contributed by atoms with Crippen LogP contribution in [0.2, 0.25) is 0 Å². The van der Waals surface area contributed by atoms with Crippen molar-refractivity contribution in [2.24, 2.45) is 0 Å². The third-order valence-corrected chi connectivity index (χ3v) is 4.45. The molecule has 6 nitrogen and oxygen atoms in total. The van der Waals surface area contributed by atoms with E-state index in [1.54, 1.807) is 6.33 Å². The zero-order valence-electron chi connectivity index (χ0n) is 12.0. The van der Waals surface area contributed by atoms with Gasteiger partial charge in [0.2, 0.25) is 0 Å². The molecule has 1 aromatic rings. The number of piperidine rings is 1. The van der Waals surface area contributed by atoms with Crippen molar-refractivity contribution < 1.29 is 8.42 Å². The average molecular weight is 298 g/mol. The number of likely N-dealkylation sites (tertiary alicyclic amines) is 1. The number of nitrogens with one attached hydrogen (secondary N) is 1. The van der Waals surface area contributed by atoms with Gasteiger partial charge in [-0.1, -0.05) is 0 Å². The lowest BCUT2D eigenvalue weighted by atomic mass is 10.1. The molecule has 0 unspecified atom stereocenters. The van der Waals surface area contributed by atoms with E-state index in [-0.39, 0.29) is 5.75 Å². The fourth-order valence-corrected chi connectivity index (χ4v) is 2.93. The van der Waals surface area contributed by atoms with E-state index < -0.39 is 9.84 Å². The van der Waals surface area contributed by atoms with Crippen molar-refractivity contribution in [1.82, 2.24) is 14.9 Å². The van der Waals surface area contributed by atoms with Gasteiger partial charge >= 0.3 is 0 Å². The molecule has 1 aromatic heterocycles. The smallest absolute Gasteiger partial charge is 0.148 e. The lowest BCUT2D eigenvalue weighted by Gasteiger charge is -2.32. The van der Waals surface area contributed by atoms with E-state index in [4.69, 9.17) is 0 Å². The Morgan fingerprint density at radius 2 is 2.05 bits per heavy atom. The fourth-order valence-electron chi connectivity index (χ4n) is 2.34. The van der Waals surface area contributed by atoms with Crippen molar-refractivity contribution in [3.05, 3.63) is 18.1 Å². The molecule has 1 fully saturated rings. The van der Waals surface area contributed by atoms with Crippen LogP contribution in [-0.2, 0) is 9.84 Å². The maximum absolute atomic E-state index is 11.2. The van der Waals surface area contributed by atoms with E-state index in [1.807, 2.05) is 13.0 Å². The predicted octanol–water partition coefficient (Wildman–Crippen LogP) is 0.706. The number of anilines is 1. The van der Waals surface area contributed by atoms with Crippen LogP contribution in [0.4, 0.5) is 5.82 Å². The molecule has 1 aliphatic heterocycles. The third-order valence-electron chi connectivity index (χ3n) is 3.52. The zero-order valence-corrected chi connectivity index (χ0v) is 12.9. The summed E-state index contributed by atoms with van der Waals surface area (Å²) in [5.74, 6) is 1.11. The molecule has 0 radical (unpaired) electrons. The molecule has 7 heteroatoms. The molecule has 1 N–H and O–H groups in total. The van der Waals surface area contributed by atoms with E-state index in [1.165, 1.54) is 6.26 Å². The zero-order chi connectivity index (χ0) is 14.6. The maximum atomic E-state index is 11.2. The highest BCUT2D eigenvalue weighted by Gasteiger charge is 2.20. The van der Waals surface area contributed by atoms with Gasteiger partial charge in [0.05, 0.1) is 5.75 Å². The van der Waals surface area contributed by atoms with Gasteiger partial charge in [-0.3, -0.25) is 0 Å². The number of hydrogen-bond donors (Lipinski definition) is 1. The first-order chi connectivity index (χ1) is 9.42. The summed E-state index contributed by atoms with van der Waals surface area (Å²) in [5, 5.41) is 3.42. The Balaban J connectivity index is 1.77. The van der Waals surface area contributed by atoms with E-state index in [9.17, 15) is 8.42 Å². The molecule has 0 bridgehead atoms. The summed E-state index contributed by atoms with van der Waals surface area (Å²) in [5.41, 5.74) is 0.952. The number of nitrogens with zero attached hydrogens (tertiary/aromatic N) is 3. The molecule has 0 aliphatic carbocycles. The number of aryl methyl sites for hydroxylation is 1. The Bertz CT molecular complexity index is 539. The Morgan fingerprint density at radius 1 is 1.35 bits per heavy atom. The van der Waals surface area contributed by atoms with Crippen LogP contribution < -0.4 is 5.32 Å². The number of hydrogen-bond acceptors (Lipinski definition) is 6. The van der Waals surface area contributed by atoms with Gasteiger partial charge in [-0.2, -0.15) is 0 Å². The SMILES string of the molecule is Cc1cc(NC2CCN(CCS(C)(=O)=O)CC2)ncn1. The van der Waals surface area contributed by atoms with Crippen LogP contribution in [0.15, 0.2) is 12.4 Å². The second kappa shape index (κ2) is 6.49. The molecule has 0 amide bonds. The lowest BCUT2D eigenvalue weighted by Crippen LogP contribution is -2.41. The van der Waals surface area contributed by atoms with E-state index in [0.717, 1.165) is 37.4 Å². The van der Waals surface area contributed by atoms with Gasteiger partial charge in [0, 0.05) is 43.7 Å². The van der Waals surface area contributed by atoms with E-state index in [2.05, 4.69) is 20.2 Å². The van der Waals surface area contributed by atoms with Gasteiger partial charge in [-0.25, -0.2) is 18.4 Å². The van der Waals surface area contributed by atoms with Crippen LogP contribution in [0.1, 0.15) is 18.5 Å². The highest BCUT2D eigenvalue weighted by molar-refractivity contribution is 7.90. The maximum Gasteiger partial charge on any atom is 0.148 e. The fraction of sp³-hybridized carbons (Fsp3) is 0.692. The summed E-state index contributed by atoms with van der Waals surface area (Å²) < 4.78 is 22.3. The van der Waals surface area contributed by atoms with Crippen LogP contribution in [0, 0.1) is 6.92 Å². The summed E-state index contributed by atoms with van der Waals surface area (Å²) in [4.78, 5) is 10.5. The molecule has 2 heterocycles. The predicted molar refractivity (Wildman–Crippen MR) is 79.6 cm³/mol. The first kappa shape index (κ1) is 15.2. The van der Waals surface area contributed by atoms with Gasteiger partial charge in [-0.05, 0) is 19.8 Å². The monoisotopic (exact) mass is 298 g/mol. The molecule has 0 aromatic carbocycles. The number of aromatic nitrogens is 2. The number of sulfone groups is 1. The largest absolute Gasteiger partial charge is 0.367 e. The second-order valence-corrected chi connectivity index (χ2v) is 7.69. The Kier molecular flexibility index (Phi) is 4.93. The van der Waals surface area contributed by atoms with Crippen LogP contribution in [-0.4, -0.2) is 61.0 Å². The summed E-state index contributed by atoms with van der Waals surface area (Å²) in [6, 6.07) is 2.34. The minimum atomic E-state index is -2.86. The second-order valence-electron chi connectivity index (χ2n) is 5.43. The highest BCUT2D eigenvalue weighted by Crippen LogP contribution is 2.15. The average Bonchev–Trinajstić information content (AvgIpc) is 2.37. The highest BCUT2D eigenvalue weighted by atomic mass is 32.2. The van der Waals surface area contributed by atoms with Gasteiger partial charge in [0.15, 0.2) is 0 Å². The van der Waals surface area contributed by atoms with Gasteiger partial charge in [0.1, 0.15) is 22.0 Å². The van der Waals surface area contributed by atoms with Crippen LogP contribution in [0.3, 0.4) is 0 Å². The molecule has 20 heavy (non-hydrogen) atoms. The number of rotatable bonds is 5. The normalized spacial score (nSPS) is 18.1. The topological polar surface area (TPSA) is 75.2 Å². The van der Waals surface area contributed by atoms with Crippen molar-refractivity contribution in [3.63, 3.8) is 0 Å². The summed E-state index contributed by atoms with van der Waals surface area (Å²) >= 11 is 0. The first-order valence-corrected chi connectivity index (χ1v) is 8.94. The van der Waals surface area contributed by atoms with Crippen LogP contribution in [0.25, 0.3) is 0 Å². The van der Waals surface area contributed by atoms with E-state index >= 15 is 0 Å². The van der Waals surface area contributed by atoms with E-state index in [0.29, 0.717) is 12.6 Å². The van der Waals surface area contributed by atoms with Crippen LogP contribution in [0.5, 0.6) is 0 Å². The molecule has 1 aliphatic rings.